The van der Waals surface area contributed by atoms with E-state index in [-0.39, 0.29) is 0 Å². The van der Waals surface area contributed by atoms with E-state index in [4.69, 9.17) is 0 Å². The summed E-state index contributed by atoms with van der Waals surface area (Å²) >= 11 is 0. The molecule has 0 bridgehead atoms. The third kappa shape index (κ3) is 8.15. The first kappa shape index (κ1) is 16.0. The van der Waals surface area contributed by atoms with Crippen LogP contribution in [0.2, 0.25) is 0 Å². The molecule has 1 unspecified atom stereocenters. The molecule has 0 saturated heterocycles. The molecule has 0 rings (SSSR count). The molecule has 0 amide bonds. The smallest absolute Gasteiger partial charge is 0.0115 e. The second-order valence-electron chi connectivity index (χ2n) is 6.03. The highest BCUT2D eigenvalue weighted by atomic mass is 14.9. The fraction of sp³-hybridized carbons (Fsp3) is 1.00. The van der Waals surface area contributed by atoms with Gasteiger partial charge in [0, 0.05) is 6.04 Å². The van der Waals surface area contributed by atoms with Gasteiger partial charge in [-0.15, -0.1) is 0 Å². The molecule has 0 aliphatic heterocycles. The van der Waals surface area contributed by atoms with E-state index < -0.39 is 0 Å². The third-order valence-electron chi connectivity index (χ3n) is 3.34. The van der Waals surface area contributed by atoms with Gasteiger partial charge >= 0.3 is 0 Å². The number of unbranched alkanes of at least 4 members (excludes halogenated alkanes) is 5. The normalized spacial score (nSPS) is 14.1. The van der Waals surface area contributed by atoms with Crippen LogP contribution >= 0.6 is 0 Å². The van der Waals surface area contributed by atoms with Crippen LogP contribution < -0.4 is 5.32 Å². The predicted octanol–water partition coefficient (Wildman–Crippen LogP) is 4.76. The van der Waals surface area contributed by atoms with Gasteiger partial charge in [0.2, 0.25) is 0 Å². The van der Waals surface area contributed by atoms with Gasteiger partial charge in [0.25, 0.3) is 0 Å². The first-order valence-electron chi connectivity index (χ1n) is 7.25. The van der Waals surface area contributed by atoms with Gasteiger partial charge in [-0.3, -0.25) is 0 Å². The van der Waals surface area contributed by atoms with Crippen molar-refractivity contribution in [1.29, 1.82) is 0 Å². The molecular weight excluding hydrogens is 194 g/mol. The van der Waals surface area contributed by atoms with Crippen molar-refractivity contribution in [1.82, 2.24) is 5.32 Å². The summed E-state index contributed by atoms with van der Waals surface area (Å²) < 4.78 is 0. The number of nitrogens with one attached hydrogen (secondary N) is 1. The average molecular weight is 227 g/mol. The van der Waals surface area contributed by atoms with Crippen LogP contribution in [-0.4, -0.2) is 12.6 Å². The van der Waals surface area contributed by atoms with Crippen molar-refractivity contribution in [2.45, 2.75) is 85.6 Å². The quantitative estimate of drug-likeness (QED) is 0.560. The maximum absolute atomic E-state index is 3.62. The van der Waals surface area contributed by atoms with Crippen molar-refractivity contribution >= 4 is 0 Å². The third-order valence-corrected chi connectivity index (χ3v) is 3.34. The maximum atomic E-state index is 3.62. The largest absolute Gasteiger partial charge is 0.314 e. The molecule has 0 aromatic carbocycles. The van der Waals surface area contributed by atoms with E-state index in [0.29, 0.717) is 11.5 Å². The zero-order chi connectivity index (χ0) is 12.4. The van der Waals surface area contributed by atoms with E-state index in [1.165, 1.54) is 44.9 Å². The highest BCUT2D eigenvalue weighted by molar-refractivity contribution is 4.79. The van der Waals surface area contributed by atoms with E-state index in [0.717, 1.165) is 6.54 Å². The van der Waals surface area contributed by atoms with E-state index in [2.05, 4.69) is 39.9 Å². The van der Waals surface area contributed by atoms with Crippen molar-refractivity contribution < 1.29 is 0 Å². The summed E-state index contributed by atoms with van der Waals surface area (Å²) in [5.74, 6) is 0. The van der Waals surface area contributed by atoms with Gasteiger partial charge in [-0.25, -0.2) is 0 Å². The molecule has 1 heteroatoms. The molecule has 0 aliphatic carbocycles. The van der Waals surface area contributed by atoms with Crippen LogP contribution in [0.25, 0.3) is 0 Å². The number of rotatable bonds is 9. The van der Waals surface area contributed by atoms with Gasteiger partial charge in [0.15, 0.2) is 0 Å². The van der Waals surface area contributed by atoms with Gasteiger partial charge in [0.05, 0.1) is 0 Å². The van der Waals surface area contributed by atoms with Crippen LogP contribution in [-0.2, 0) is 0 Å². The van der Waals surface area contributed by atoms with Crippen LogP contribution in [0, 0.1) is 5.41 Å². The number of hydrogen-bond acceptors (Lipinski definition) is 1. The maximum Gasteiger partial charge on any atom is 0.0115 e. The van der Waals surface area contributed by atoms with Gasteiger partial charge in [-0.1, -0.05) is 73.1 Å². The summed E-state index contributed by atoms with van der Waals surface area (Å²) in [6, 6.07) is 0.684. The topological polar surface area (TPSA) is 12.0 Å². The highest BCUT2D eigenvalue weighted by Gasteiger charge is 2.22. The second kappa shape index (κ2) is 9.04. The van der Waals surface area contributed by atoms with E-state index in [1.807, 2.05) is 0 Å². The Morgan fingerprint density at radius 2 is 1.44 bits per heavy atom. The minimum Gasteiger partial charge on any atom is -0.314 e. The van der Waals surface area contributed by atoms with E-state index in [9.17, 15) is 0 Å². The van der Waals surface area contributed by atoms with Crippen molar-refractivity contribution in [3.63, 3.8) is 0 Å². The molecule has 1 atom stereocenters. The van der Waals surface area contributed by atoms with Crippen molar-refractivity contribution in [2.75, 3.05) is 6.54 Å². The first-order chi connectivity index (χ1) is 7.52. The summed E-state index contributed by atoms with van der Waals surface area (Å²) in [4.78, 5) is 0. The lowest BCUT2D eigenvalue weighted by Crippen LogP contribution is -2.40. The molecule has 0 aliphatic rings. The van der Waals surface area contributed by atoms with Crippen LogP contribution in [0.4, 0.5) is 0 Å². The summed E-state index contributed by atoms with van der Waals surface area (Å²) in [6.07, 6.45) is 9.76. The fourth-order valence-corrected chi connectivity index (χ4v) is 2.22. The van der Waals surface area contributed by atoms with Crippen LogP contribution in [0.15, 0.2) is 0 Å². The standard InChI is InChI=1S/C15H33N/c1-6-8-9-10-11-12-13-14(16-7-2)15(3,4)5/h14,16H,6-13H2,1-5H3. The Bertz CT molecular complexity index is 146. The van der Waals surface area contributed by atoms with Gasteiger partial charge in [-0.2, -0.15) is 0 Å². The average Bonchev–Trinajstić information content (AvgIpc) is 2.20. The van der Waals surface area contributed by atoms with Gasteiger partial charge in [0.1, 0.15) is 0 Å². The fourth-order valence-electron chi connectivity index (χ4n) is 2.22. The molecule has 98 valence electrons. The molecule has 1 N–H and O–H groups in total. The van der Waals surface area contributed by atoms with Crippen molar-refractivity contribution in [3.05, 3.63) is 0 Å². The molecule has 0 radical (unpaired) electrons. The molecule has 16 heavy (non-hydrogen) atoms. The van der Waals surface area contributed by atoms with E-state index in [1.54, 1.807) is 0 Å². The molecular formula is C15H33N. The highest BCUT2D eigenvalue weighted by Crippen LogP contribution is 2.23. The Hall–Kier alpha value is -0.0400. The summed E-state index contributed by atoms with van der Waals surface area (Å²) in [5, 5.41) is 3.62. The Balaban J connectivity index is 3.61. The SMILES string of the molecule is CCCCCCCCC(NCC)C(C)(C)C. The van der Waals surface area contributed by atoms with Gasteiger partial charge < -0.3 is 5.32 Å². The Kier molecular flexibility index (Phi) is 9.02. The molecule has 0 aromatic rings. The van der Waals surface area contributed by atoms with E-state index >= 15 is 0 Å². The molecule has 0 spiro atoms. The predicted molar refractivity (Wildman–Crippen MR) is 74.9 cm³/mol. The van der Waals surface area contributed by atoms with Crippen molar-refractivity contribution in [3.8, 4) is 0 Å². The second-order valence-corrected chi connectivity index (χ2v) is 6.03. The molecule has 0 heterocycles. The monoisotopic (exact) mass is 227 g/mol. The zero-order valence-corrected chi connectivity index (χ0v) is 12.2. The molecule has 0 fully saturated rings. The Morgan fingerprint density at radius 3 is 1.94 bits per heavy atom. The lowest BCUT2D eigenvalue weighted by Gasteiger charge is -2.31. The van der Waals surface area contributed by atoms with Crippen LogP contribution in [0.5, 0.6) is 0 Å². The zero-order valence-electron chi connectivity index (χ0n) is 12.2. The van der Waals surface area contributed by atoms with Crippen LogP contribution in [0.3, 0.4) is 0 Å². The summed E-state index contributed by atoms with van der Waals surface area (Å²) in [7, 11) is 0. The minimum atomic E-state index is 0.402. The van der Waals surface area contributed by atoms with Crippen molar-refractivity contribution in [2.24, 2.45) is 5.41 Å². The van der Waals surface area contributed by atoms with Crippen LogP contribution in [0.1, 0.15) is 79.6 Å². The minimum absolute atomic E-state index is 0.402. The lowest BCUT2D eigenvalue weighted by atomic mass is 9.83. The summed E-state index contributed by atoms with van der Waals surface area (Å²) in [5.41, 5.74) is 0.402. The Morgan fingerprint density at radius 1 is 0.875 bits per heavy atom. The van der Waals surface area contributed by atoms with Gasteiger partial charge in [-0.05, 0) is 18.4 Å². The summed E-state index contributed by atoms with van der Waals surface area (Å²) in [6.45, 7) is 12.6. The molecule has 0 aromatic heterocycles. The lowest BCUT2D eigenvalue weighted by molar-refractivity contribution is 0.252. The first-order valence-corrected chi connectivity index (χ1v) is 7.25. The number of hydrogen-bond donors (Lipinski definition) is 1. The molecule has 1 nitrogen and oxygen atoms in total. The Labute approximate surface area is 103 Å². The molecule has 0 saturated carbocycles.